The summed E-state index contributed by atoms with van der Waals surface area (Å²) in [6, 6.07) is 7.51. The maximum absolute atomic E-state index is 12.7. The number of alkyl carbamates (subject to hydrolysis) is 1. The summed E-state index contributed by atoms with van der Waals surface area (Å²) in [5.41, 5.74) is 2.00. The average molecular weight is 415 g/mol. The van der Waals surface area contributed by atoms with Gasteiger partial charge in [0.1, 0.15) is 5.00 Å². The van der Waals surface area contributed by atoms with Gasteiger partial charge in [-0.2, -0.15) is 0 Å². The number of nitrogens with zero attached hydrogens (tertiary/aromatic N) is 1. The number of fused-ring (bicyclic) bond motifs is 2. The normalized spacial score (nSPS) is 12.6. The smallest absolute Gasteiger partial charge is 0.414 e. The molecule has 2 aromatic heterocycles. The van der Waals surface area contributed by atoms with Crippen molar-refractivity contribution in [3.8, 4) is 0 Å². The maximum Gasteiger partial charge on any atom is 0.414 e. The molecule has 0 radical (unpaired) electrons. The van der Waals surface area contributed by atoms with E-state index in [0.29, 0.717) is 15.6 Å². The minimum atomic E-state index is -0.797. The second-order valence-corrected chi connectivity index (χ2v) is 8.31. The van der Waals surface area contributed by atoms with Crippen molar-refractivity contribution in [2.75, 3.05) is 11.9 Å². The summed E-state index contributed by atoms with van der Waals surface area (Å²) in [7, 11) is 0. The van der Waals surface area contributed by atoms with Crippen LogP contribution in [0, 0.1) is 0 Å². The number of thiophene rings is 1. The minimum Gasteiger partial charge on any atom is -0.450 e. The molecule has 4 rings (SSSR count). The first-order valence-electron chi connectivity index (χ1n) is 8.86. The Morgan fingerprint density at radius 1 is 1.14 bits per heavy atom. The number of aromatic nitrogens is 1. The quantitative estimate of drug-likeness (QED) is 0.672. The van der Waals surface area contributed by atoms with Gasteiger partial charge in [-0.25, -0.2) is 9.78 Å². The van der Waals surface area contributed by atoms with Gasteiger partial charge in [0.25, 0.3) is 11.8 Å². The van der Waals surface area contributed by atoms with E-state index in [1.54, 1.807) is 6.92 Å². The number of ether oxygens (including phenoxy) is 1. The predicted molar refractivity (Wildman–Crippen MR) is 108 cm³/mol. The number of carbonyl (C=O) groups excluding carboxylic acids is 3. The van der Waals surface area contributed by atoms with E-state index in [-0.39, 0.29) is 12.5 Å². The van der Waals surface area contributed by atoms with Crippen LogP contribution in [0.25, 0.3) is 10.2 Å². The molecule has 3 aromatic rings. The van der Waals surface area contributed by atoms with Gasteiger partial charge in [0.2, 0.25) is 0 Å². The van der Waals surface area contributed by atoms with Crippen LogP contribution in [0.3, 0.4) is 0 Å². The topological polar surface area (TPSA) is 97.4 Å². The van der Waals surface area contributed by atoms with Gasteiger partial charge in [0, 0.05) is 4.88 Å². The highest BCUT2D eigenvalue weighted by atomic mass is 32.1. The van der Waals surface area contributed by atoms with E-state index in [1.807, 2.05) is 24.3 Å². The fourth-order valence-corrected chi connectivity index (χ4v) is 5.32. The number of nitrogens with one attached hydrogen (secondary N) is 2. The molecule has 0 saturated carbocycles. The van der Waals surface area contributed by atoms with Gasteiger partial charge in [0.05, 0.1) is 22.4 Å². The van der Waals surface area contributed by atoms with E-state index in [1.165, 1.54) is 22.7 Å². The molecule has 1 aromatic carbocycles. The molecule has 1 aliphatic carbocycles. The first-order chi connectivity index (χ1) is 13.6. The Balaban J connectivity index is 1.61. The predicted octanol–water partition coefficient (Wildman–Crippen LogP) is 3.99. The molecule has 0 unspecified atom stereocenters. The zero-order valence-electron chi connectivity index (χ0n) is 15.0. The fraction of sp³-hybridized carbons (Fsp3) is 0.263. The summed E-state index contributed by atoms with van der Waals surface area (Å²) in [5, 5.41) is 5.81. The Bertz CT molecular complexity index is 1050. The van der Waals surface area contributed by atoms with E-state index in [2.05, 4.69) is 15.6 Å². The number of carbonyl (C=O) groups is 3. The highest BCUT2D eigenvalue weighted by Gasteiger charge is 2.29. The van der Waals surface area contributed by atoms with Gasteiger partial charge in [-0.15, -0.1) is 22.7 Å². The Hall–Kier alpha value is -2.78. The number of imide groups is 1. The zero-order valence-corrected chi connectivity index (χ0v) is 16.7. The number of amides is 3. The number of hydrogen-bond acceptors (Lipinski definition) is 7. The first-order valence-corrected chi connectivity index (χ1v) is 10.5. The van der Waals surface area contributed by atoms with E-state index in [9.17, 15) is 14.4 Å². The Kier molecular flexibility index (Phi) is 5.10. The summed E-state index contributed by atoms with van der Waals surface area (Å²) < 4.78 is 5.71. The van der Waals surface area contributed by atoms with Crippen LogP contribution in [-0.2, 0) is 17.6 Å². The lowest BCUT2D eigenvalue weighted by molar-refractivity contribution is 0.0925. The van der Waals surface area contributed by atoms with Crippen LogP contribution in [0.2, 0.25) is 0 Å². The van der Waals surface area contributed by atoms with E-state index in [4.69, 9.17) is 4.74 Å². The second-order valence-electron chi connectivity index (χ2n) is 6.18. The number of aryl methyl sites for hydroxylation is 1. The number of para-hydroxylation sites is 1. The van der Waals surface area contributed by atoms with Gasteiger partial charge < -0.3 is 10.1 Å². The van der Waals surface area contributed by atoms with Crippen molar-refractivity contribution >= 4 is 55.8 Å². The SMILES string of the molecule is CCOC(=O)NC(=O)c1c(NC(=O)c2nc3ccccc3s2)sc2c1CCC2. The molecular weight excluding hydrogens is 398 g/mol. The molecule has 0 spiro atoms. The molecule has 0 bridgehead atoms. The largest absolute Gasteiger partial charge is 0.450 e. The van der Waals surface area contributed by atoms with Crippen molar-refractivity contribution < 1.29 is 19.1 Å². The molecule has 2 N–H and O–H groups in total. The van der Waals surface area contributed by atoms with Crippen LogP contribution < -0.4 is 10.6 Å². The van der Waals surface area contributed by atoms with E-state index >= 15 is 0 Å². The first kappa shape index (κ1) is 18.6. The van der Waals surface area contributed by atoms with Crippen molar-refractivity contribution in [1.82, 2.24) is 10.3 Å². The molecule has 3 amide bonds. The van der Waals surface area contributed by atoms with Gasteiger partial charge in [-0.1, -0.05) is 12.1 Å². The fourth-order valence-electron chi connectivity index (χ4n) is 3.18. The molecular formula is C19H17N3O4S2. The highest BCUT2D eigenvalue weighted by molar-refractivity contribution is 7.20. The van der Waals surface area contributed by atoms with Crippen molar-refractivity contribution in [3.63, 3.8) is 0 Å². The molecule has 0 saturated heterocycles. The van der Waals surface area contributed by atoms with Gasteiger partial charge >= 0.3 is 6.09 Å². The lowest BCUT2D eigenvalue weighted by Crippen LogP contribution is -2.32. The molecule has 1 aliphatic rings. The summed E-state index contributed by atoms with van der Waals surface area (Å²) in [6.07, 6.45) is 1.76. The molecule has 144 valence electrons. The minimum absolute atomic E-state index is 0.169. The molecule has 0 atom stereocenters. The third-order valence-corrected chi connectivity index (χ3v) is 6.60. The standard InChI is InChI=1S/C19H17N3O4S2/c1-2-26-19(25)22-15(23)14-10-6-5-9-12(10)27-17(14)21-16(24)18-20-11-7-3-4-8-13(11)28-18/h3-4,7-8H,2,5-6,9H2,1H3,(H,21,24)(H,22,23,25). The summed E-state index contributed by atoms with van der Waals surface area (Å²) >= 11 is 2.67. The maximum atomic E-state index is 12.7. The van der Waals surface area contributed by atoms with Gasteiger partial charge in [-0.05, 0) is 43.9 Å². The van der Waals surface area contributed by atoms with Crippen molar-refractivity contribution in [3.05, 3.63) is 45.3 Å². The second kappa shape index (κ2) is 7.69. The molecule has 9 heteroatoms. The monoisotopic (exact) mass is 415 g/mol. The van der Waals surface area contributed by atoms with Gasteiger partial charge in [0.15, 0.2) is 5.01 Å². The summed E-state index contributed by atoms with van der Waals surface area (Å²) in [5.74, 6) is -0.927. The lowest BCUT2D eigenvalue weighted by atomic mass is 10.1. The van der Waals surface area contributed by atoms with Crippen LogP contribution >= 0.6 is 22.7 Å². The van der Waals surface area contributed by atoms with Crippen LogP contribution in [0.5, 0.6) is 0 Å². The average Bonchev–Trinajstić information content (AvgIpc) is 3.35. The van der Waals surface area contributed by atoms with E-state index in [0.717, 1.165) is 39.9 Å². The number of benzene rings is 1. The third kappa shape index (κ3) is 3.50. The summed E-state index contributed by atoms with van der Waals surface area (Å²) in [4.78, 5) is 42.5. The Labute approximate surface area is 168 Å². The van der Waals surface area contributed by atoms with Gasteiger partial charge in [-0.3, -0.25) is 14.9 Å². The third-order valence-electron chi connectivity index (χ3n) is 4.35. The number of rotatable bonds is 4. The number of hydrogen-bond donors (Lipinski definition) is 2. The van der Waals surface area contributed by atoms with Crippen LogP contribution in [0.15, 0.2) is 24.3 Å². The number of thiazole rings is 1. The van der Waals surface area contributed by atoms with Crippen molar-refractivity contribution in [2.45, 2.75) is 26.2 Å². The number of anilines is 1. The molecule has 7 nitrogen and oxygen atoms in total. The lowest BCUT2D eigenvalue weighted by Gasteiger charge is -2.08. The molecule has 2 heterocycles. The van der Waals surface area contributed by atoms with Crippen molar-refractivity contribution in [1.29, 1.82) is 0 Å². The summed E-state index contributed by atoms with van der Waals surface area (Å²) in [6.45, 7) is 1.83. The molecule has 28 heavy (non-hydrogen) atoms. The van der Waals surface area contributed by atoms with E-state index < -0.39 is 12.0 Å². The van der Waals surface area contributed by atoms with Crippen LogP contribution in [0.1, 0.15) is 43.9 Å². The highest BCUT2D eigenvalue weighted by Crippen LogP contribution is 2.39. The Morgan fingerprint density at radius 2 is 1.96 bits per heavy atom. The van der Waals surface area contributed by atoms with Crippen LogP contribution in [-0.4, -0.2) is 29.5 Å². The zero-order chi connectivity index (χ0) is 19.7. The van der Waals surface area contributed by atoms with Crippen molar-refractivity contribution in [2.24, 2.45) is 0 Å². The molecule has 0 aliphatic heterocycles. The molecule has 0 fully saturated rings. The van der Waals surface area contributed by atoms with Crippen LogP contribution in [0.4, 0.5) is 9.80 Å². The Morgan fingerprint density at radius 3 is 2.75 bits per heavy atom.